The molecule has 5 nitrogen and oxygen atoms in total. The van der Waals surface area contributed by atoms with E-state index in [1.54, 1.807) is 4.90 Å². The Kier molecular flexibility index (Phi) is 10.4. The van der Waals surface area contributed by atoms with Gasteiger partial charge in [-0.3, -0.25) is 9.59 Å². The maximum atomic E-state index is 13.5. The molecule has 35 heavy (non-hydrogen) atoms. The van der Waals surface area contributed by atoms with E-state index in [0.29, 0.717) is 32.4 Å². The summed E-state index contributed by atoms with van der Waals surface area (Å²) in [4.78, 5) is 28.7. The zero-order valence-corrected chi connectivity index (χ0v) is 20.7. The Balaban J connectivity index is 1.78. The average molecular weight is 473 g/mol. The topological polar surface area (TPSA) is 58.6 Å². The van der Waals surface area contributed by atoms with E-state index in [1.165, 1.54) is 0 Å². The minimum atomic E-state index is -0.603. The van der Waals surface area contributed by atoms with Gasteiger partial charge in [-0.25, -0.2) is 0 Å². The number of nitrogens with zero attached hydrogens (tertiary/aromatic N) is 1. The summed E-state index contributed by atoms with van der Waals surface area (Å²) < 4.78 is 5.78. The van der Waals surface area contributed by atoms with Crippen molar-refractivity contribution in [1.82, 2.24) is 10.2 Å². The number of benzene rings is 3. The first-order chi connectivity index (χ1) is 17.1. The zero-order chi connectivity index (χ0) is 24.9. The molecule has 3 aromatic carbocycles. The fourth-order valence-corrected chi connectivity index (χ4v) is 3.85. The number of nitrogens with one attached hydrogen (secondary N) is 1. The lowest BCUT2D eigenvalue weighted by Crippen LogP contribution is -2.52. The Morgan fingerprint density at radius 2 is 1.43 bits per heavy atom. The van der Waals surface area contributed by atoms with Crippen LogP contribution in [0.1, 0.15) is 44.2 Å². The molecule has 3 aromatic rings. The maximum absolute atomic E-state index is 13.5. The predicted octanol–water partition coefficient (Wildman–Crippen LogP) is 5.40. The highest BCUT2D eigenvalue weighted by Crippen LogP contribution is 2.17. The van der Waals surface area contributed by atoms with Crippen LogP contribution in [0.2, 0.25) is 0 Å². The van der Waals surface area contributed by atoms with Gasteiger partial charge in [-0.15, -0.1) is 0 Å². The summed E-state index contributed by atoms with van der Waals surface area (Å²) in [5.41, 5.74) is 2.02. The highest BCUT2D eigenvalue weighted by molar-refractivity contribution is 5.88. The number of ether oxygens (including phenoxy) is 1. The molecule has 0 aliphatic rings. The van der Waals surface area contributed by atoms with Gasteiger partial charge in [0.25, 0.3) is 0 Å². The number of rotatable bonds is 13. The first-order valence-electron chi connectivity index (χ1n) is 12.4. The second-order valence-electron chi connectivity index (χ2n) is 8.80. The number of carbonyl (C=O) groups excluding carboxylic acids is 2. The van der Waals surface area contributed by atoms with E-state index < -0.39 is 6.04 Å². The fourth-order valence-electron chi connectivity index (χ4n) is 3.85. The van der Waals surface area contributed by atoms with Gasteiger partial charge in [0.05, 0.1) is 6.61 Å². The van der Waals surface area contributed by atoms with Crippen molar-refractivity contribution in [2.45, 2.75) is 58.2 Å². The smallest absolute Gasteiger partial charge is 0.243 e. The molecule has 1 N–H and O–H groups in total. The second-order valence-corrected chi connectivity index (χ2v) is 8.80. The van der Waals surface area contributed by atoms with Gasteiger partial charge in [-0.05, 0) is 43.0 Å². The Bertz CT molecular complexity index is 1030. The van der Waals surface area contributed by atoms with Crippen molar-refractivity contribution in [2.24, 2.45) is 0 Å². The van der Waals surface area contributed by atoms with Crippen molar-refractivity contribution in [2.75, 3.05) is 6.61 Å². The third-order valence-corrected chi connectivity index (χ3v) is 6.01. The zero-order valence-electron chi connectivity index (χ0n) is 20.7. The first-order valence-corrected chi connectivity index (χ1v) is 12.4. The third kappa shape index (κ3) is 8.60. The Morgan fingerprint density at radius 3 is 2.03 bits per heavy atom. The summed E-state index contributed by atoms with van der Waals surface area (Å²) in [6.07, 6.45) is 2.17. The number of carbonyl (C=O) groups is 2. The standard InChI is InChI=1S/C30H36N2O3/c1-3-24(2)31-30(34)28(22-25-14-7-4-8-15-25)32(23-26-16-9-5-10-17-26)29(33)20-13-21-35-27-18-11-6-12-19-27/h4-12,14-19,24,28H,3,13,20-23H2,1-2H3,(H,31,34). The van der Waals surface area contributed by atoms with Crippen LogP contribution in [0.15, 0.2) is 91.0 Å². The lowest BCUT2D eigenvalue weighted by molar-refractivity contribution is -0.141. The normalized spacial score (nSPS) is 12.4. The molecule has 0 bridgehead atoms. The predicted molar refractivity (Wildman–Crippen MR) is 140 cm³/mol. The molecule has 0 fully saturated rings. The molecule has 5 heteroatoms. The summed E-state index contributed by atoms with van der Waals surface area (Å²) in [6, 6.07) is 28.7. The van der Waals surface area contributed by atoms with E-state index >= 15 is 0 Å². The molecule has 0 saturated carbocycles. The van der Waals surface area contributed by atoms with Crippen LogP contribution in [0.4, 0.5) is 0 Å². The van der Waals surface area contributed by atoms with Crippen molar-refractivity contribution in [1.29, 1.82) is 0 Å². The minimum absolute atomic E-state index is 0.0359. The van der Waals surface area contributed by atoms with Crippen LogP contribution < -0.4 is 10.1 Å². The van der Waals surface area contributed by atoms with Crippen LogP contribution in [0, 0.1) is 0 Å². The summed E-state index contributed by atoms with van der Waals surface area (Å²) >= 11 is 0. The number of hydrogen-bond acceptors (Lipinski definition) is 3. The Hall–Kier alpha value is -3.60. The van der Waals surface area contributed by atoms with Crippen LogP contribution in [0.3, 0.4) is 0 Å². The van der Waals surface area contributed by atoms with E-state index in [9.17, 15) is 9.59 Å². The van der Waals surface area contributed by atoms with E-state index in [0.717, 1.165) is 23.3 Å². The van der Waals surface area contributed by atoms with Crippen LogP contribution >= 0.6 is 0 Å². The van der Waals surface area contributed by atoms with Crippen molar-refractivity contribution >= 4 is 11.8 Å². The number of hydrogen-bond donors (Lipinski definition) is 1. The van der Waals surface area contributed by atoms with Gasteiger partial charge in [0.2, 0.25) is 11.8 Å². The lowest BCUT2D eigenvalue weighted by atomic mass is 10.0. The molecule has 0 aliphatic carbocycles. The van der Waals surface area contributed by atoms with Crippen LogP contribution in [0.25, 0.3) is 0 Å². The van der Waals surface area contributed by atoms with Crippen LogP contribution in [-0.2, 0) is 22.6 Å². The number of para-hydroxylation sites is 1. The molecule has 0 heterocycles. The second kappa shape index (κ2) is 14.0. The van der Waals surface area contributed by atoms with Gasteiger partial charge in [-0.2, -0.15) is 0 Å². The SMILES string of the molecule is CCC(C)NC(=O)C(Cc1ccccc1)N(Cc1ccccc1)C(=O)CCCOc1ccccc1. The fraction of sp³-hybridized carbons (Fsp3) is 0.333. The van der Waals surface area contributed by atoms with Crippen molar-refractivity contribution < 1.29 is 14.3 Å². The summed E-state index contributed by atoms with van der Waals surface area (Å²) in [7, 11) is 0. The highest BCUT2D eigenvalue weighted by atomic mass is 16.5. The molecule has 0 saturated heterocycles. The molecular formula is C30H36N2O3. The van der Waals surface area contributed by atoms with Gasteiger partial charge in [-0.1, -0.05) is 85.8 Å². The molecule has 0 radical (unpaired) electrons. The lowest BCUT2D eigenvalue weighted by Gasteiger charge is -2.32. The summed E-state index contributed by atoms with van der Waals surface area (Å²) in [5, 5.41) is 3.10. The average Bonchev–Trinajstić information content (AvgIpc) is 2.90. The Morgan fingerprint density at radius 1 is 0.857 bits per heavy atom. The molecule has 2 amide bonds. The van der Waals surface area contributed by atoms with Crippen LogP contribution in [-0.4, -0.2) is 35.4 Å². The third-order valence-electron chi connectivity index (χ3n) is 6.01. The first kappa shape index (κ1) is 26.0. The quantitative estimate of drug-likeness (QED) is 0.339. The van der Waals surface area contributed by atoms with E-state index in [-0.39, 0.29) is 17.9 Å². The monoisotopic (exact) mass is 472 g/mol. The summed E-state index contributed by atoms with van der Waals surface area (Å²) in [6.45, 7) is 4.85. The van der Waals surface area contributed by atoms with E-state index in [4.69, 9.17) is 4.74 Å². The molecule has 184 valence electrons. The van der Waals surface area contributed by atoms with Gasteiger partial charge in [0.15, 0.2) is 0 Å². The van der Waals surface area contributed by atoms with Gasteiger partial charge >= 0.3 is 0 Å². The molecule has 2 unspecified atom stereocenters. The molecule has 0 aromatic heterocycles. The van der Waals surface area contributed by atoms with Gasteiger partial charge in [0.1, 0.15) is 11.8 Å². The minimum Gasteiger partial charge on any atom is -0.494 e. The summed E-state index contributed by atoms with van der Waals surface area (Å²) in [5.74, 6) is 0.620. The van der Waals surface area contributed by atoms with Gasteiger partial charge < -0.3 is 15.0 Å². The largest absolute Gasteiger partial charge is 0.494 e. The molecule has 2 atom stereocenters. The van der Waals surface area contributed by atoms with Gasteiger partial charge in [0, 0.05) is 25.4 Å². The van der Waals surface area contributed by atoms with Crippen molar-refractivity contribution in [3.05, 3.63) is 102 Å². The van der Waals surface area contributed by atoms with E-state index in [1.807, 2.05) is 105 Å². The van der Waals surface area contributed by atoms with Crippen molar-refractivity contribution in [3.63, 3.8) is 0 Å². The van der Waals surface area contributed by atoms with E-state index in [2.05, 4.69) is 5.32 Å². The Labute approximate surface area is 209 Å². The molecule has 0 aliphatic heterocycles. The highest BCUT2D eigenvalue weighted by Gasteiger charge is 2.30. The maximum Gasteiger partial charge on any atom is 0.243 e. The van der Waals surface area contributed by atoms with Crippen LogP contribution in [0.5, 0.6) is 5.75 Å². The van der Waals surface area contributed by atoms with Crippen molar-refractivity contribution in [3.8, 4) is 5.75 Å². The molecule has 3 rings (SSSR count). The number of amides is 2. The molecular weight excluding hydrogens is 436 g/mol. The molecule has 0 spiro atoms.